The van der Waals surface area contributed by atoms with Crippen molar-refractivity contribution in [3.05, 3.63) is 152 Å². The minimum Gasteiger partial charge on any atom is -0.355 e. The number of benzene rings is 7. The van der Waals surface area contributed by atoms with E-state index >= 15 is 0 Å². The lowest BCUT2D eigenvalue weighted by atomic mass is 10.0. The Hall–Kier alpha value is -5.12. The second-order valence-electron chi connectivity index (χ2n) is 10.3. The molecule has 194 valence electrons. The normalized spacial score (nSPS) is 11.4. The Morgan fingerprint density at radius 3 is 1.98 bits per heavy atom. The molecule has 0 aliphatic carbocycles. The number of nitrogens with one attached hydrogen (secondary N) is 1. The molecule has 0 amide bonds. The van der Waals surface area contributed by atoms with Gasteiger partial charge in [-0.15, -0.1) is 11.3 Å². The quantitative estimate of drug-likeness (QED) is 0.233. The van der Waals surface area contributed by atoms with Crippen LogP contribution < -0.4 is 10.2 Å². The highest BCUT2D eigenvalue weighted by Crippen LogP contribution is 2.45. The van der Waals surface area contributed by atoms with Crippen molar-refractivity contribution in [2.45, 2.75) is 0 Å². The molecule has 0 radical (unpaired) electrons. The van der Waals surface area contributed by atoms with Crippen molar-refractivity contribution in [2.24, 2.45) is 0 Å². The van der Waals surface area contributed by atoms with Crippen molar-refractivity contribution in [1.29, 1.82) is 0 Å². The first kappa shape index (κ1) is 23.7. The zero-order valence-corrected chi connectivity index (χ0v) is 23.1. The lowest BCUT2D eigenvalue weighted by molar-refractivity contribution is 1.30. The van der Waals surface area contributed by atoms with Crippen LogP contribution in [-0.4, -0.2) is 0 Å². The number of para-hydroxylation sites is 2. The van der Waals surface area contributed by atoms with Gasteiger partial charge in [-0.1, -0.05) is 91.0 Å². The molecule has 0 aliphatic heterocycles. The van der Waals surface area contributed by atoms with E-state index in [0.717, 1.165) is 28.4 Å². The largest absolute Gasteiger partial charge is 0.355 e. The lowest BCUT2D eigenvalue weighted by Crippen LogP contribution is -2.10. The molecule has 1 N–H and O–H groups in total. The molecule has 0 bridgehead atoms. The third-order valence-electron chi connectivity index (χ3n) is 7.81. The van der Waals surface area contributed by atoms with Crippen LogP contribution in [0.25, 0.3) is 41.7 Å². The van der Waals surface area contributed by atoms with E-state index in [-0.39, 0.29) is 0 Å². The summed E-state index contributed by atoms with van der Waals surface area (Å²) < 4.78 is 2.63. The predicted molar refractivity (Wildman–Crippen MR) is 179 cm³/mol. The predicted octanol–water partition coefficient (Wildman–Crippen LogP) is 11.6. The smallest absolute Gasteiger partial charge is 0.0541 e. The Morgan fingerprint density at radius 2 is 1.15 bits per heavy atom. The third kappa shape index (κ3) is 4.10. The van der Waals surface area contributed by atoms with Crippen LogP contribution >= 0.6 is 11.3 Å². The third-order valence-corrected chi connectivity index (χ3v) is 8.95. The van der Waals surface area contributed by atoms with Gasteiger partial charge in [-0.2, -0.15) is 0 Å². The fraction of sp³-hybridized carbons (Fsp3) is 0. The molecule has 8 rings (SSSR count). The average Bonchev–Trinajstić information content (AvgIpc) is 3.42. The van der Waals surface area contributed by atoms with Gasteiger partial charge in [-0.25, -0.2) is 0 Å². The van der Waals surface area contributed by atoms with Gasteiger partial charge in [0.2, 0.25) is 0 Å². The highest BCUT2D eigenvalue weighted by atomic mass is 32.1. The summed E-state index contributed by atoms with van der Waals surface area (Å²) in [5.74, 6) is 0. The molecule has 2 nitrogen and oxygen atoms in total. The zero-order chi connectivity index (χ0) is 27.2. The van der Waals surface area contributed by atoms with Crippen molar-refractivity contribution < 1.29 is 0 Å². The van der Waals surface area contributed by atoms with E-state index in [1.807, 2.05) is 17.4 Å². The minimum absolute atomic E-state index is 1.08. The molecule has 0 spiro atoms. The number of nitrogens with zero attached hydrogens (tertiary/aromatic N) is 1. The van der Waals surface area contributed by atoms with Crippen molar-refractivity contribution in [2.75, 3.05) is 10.2 Å². The number of rotatable bonds is 5. The van der Waals surface area contributed by atoms with Gasteiger partial charge >= 0.3 is 0 Å². The molecule has 7 aromatic carbocycles. The maximum atomic E-state index is 3.63. The SMILES string of the molecule is c1ccc(Nc2ccc(N(c3ccccc3)c3ccc4sc5ccc6ccccc6c5c4c3)c3ccccc23)cc1. The molecule has 0 unspecified atom stereocenters. The first-order valence-electron chi connectivity index (χ1n) is 13.9. The van der Waals surface area contributed by atoms with E-state index in [4.69, 9.17) is 0 Å². The summed E-state index contributed by atoms with van der Waals surface area (Å²) in [5.41, 5.74) is 5.59. The molecule has 41 heavy (non-hydrogen) atoms. The van der Waals surface area contributed by atoms with E-state index < -0.39 is 0 Å². The summed E-state index contributed by atoms with van der Waals surface area (Å²) in [6.07, 6.45) is 0. The van der Waals surface area contributed by atoms with Gasteiger partial charge in [-0.05, 0) is 71.4 Å². The standard InChI is InChI=1S/C38H26N2S/c1-3-12-27(13-4-1)39-34-21-22-35(32-18-10-9-17-31(32)34)40(28-14-5-2-6-15-28)29-20-24-36-33(25-29)38-30-16-8-7-11-26(30)19-23-37(38)41-36/h1-25,39H. The van der Waals surface area contributed by atoms with Crippen molar-refractivity contribution in [3.8, 4) is 0 Å². The summed E-state index contributed by atoms with van der Waals surface area (Å²) in [6.45, 7) is 0. The first-order valence-corrected chi connectivity index (χ1v) is 14.7. The Kier molecular flexibility index (Phi) is 5.68. The second-order valence-corrected chi connectivity index (χ2v) is 11.4. The second kappa shape index (κ2) is 9.81. The Balaban J connectivity index is 1.36. The molecule has 3 heteroatoms. The molecule has 8 aromatic rings. The monoisotopic (exact) mass is 542 g/mol. The van der Waals surface area contributed by atoms with Crippen LogP contribution in [0.5, 0.6) is 0 Å². The van der Waals surface area contributed by atoms with Crippen LogP contribution in [0, 0.1) is 0 Å². The fourth-order valence-electron chi connectivity index (χ4n) is 5.94. The van der Waals surface area contributed by atoms with Crippen LogP contribution in [0.15, 0.2) is 152 Å². The number of fused-ring (bicyclic) bond motifs is 6. The highest BCUT2D eigenvalue weighted by molar-refractivity contribution is 7.26. The number of hydrogen-bond acceptors (Lipinski definition) is 3. The molecular formula is C38H26N2S. The van der Waals surface area contributed by atoms with Crippen LogP contribution in [0.3, 0.4) is 0 Å². The van der Waals surface area contributed by atoms with E-state index in [0.29, 0.717) is 0 Å². The molecule has 0 saturated heterocycles. The Bertz CT molecular complexity index is 2180. The van der Waals surface area contributed by atoms with Crippen LogP contribution in [0.4, 0.5) is 28.4 Å². The number of anilines is 5. The van der Waals surface area contributed by atoms with Crippen molar-refractivity contribution in [1.82, 2.24) is 0 Å². The summed E-state index contributed by atoms with van der Waals surface area (Å²) in [6, 6.07) is 54.3. The molecule has 0 fully saturated rings. The van der Waals surface area contributed by atoms with Gasteiger partial charge in [0.25, 0.3) is 0 Å². The van der Waals surface area contributed by atoms with Gasteiger partial charge in [0.05, 0.1) is 5.69 Å². The Labute approximate surface area is 242 Å². The Morgan fingerprint density at radius 1 is 0.463 bits per heavy atom. The molecular weight excluding hydrogens is 516 g/mol. The van der Waals surface area contributed by atoms with Gasteiger partial charge in [0, 0.05) is 53.7 Å². The van der Waals surface area contributed by atoms with E-state index in [2.05, 4.69) is 156 Å². The first-order chi connectivity index (χ1) is 20.3. The van der Waals surface area contributed by atoms with Crippen LogP contribution in [-0.2, 0) is 0 Å². The summed E-state index contributed by atoms with van der Waals surface area (Å²) >= 11 is 1.87. The average molecular weight is 543 g/mol. The molecule has 1 heterocycles. The fourth-order valence-corrected chi connectivity index (χ4v) is 7.04. The molecule has 0 atom stereocenters. The van der Waals surface area contributed by atoms with Crippen molar-refractivity contribution in [3.63, 3.8) is 0 Å². The summed E-state index contributed by atoms with van der Waals surface area (Å²) in [7, 11) is 0. The van der Waals surface area contributed by atoms with E-state index in [1.165, 1.54) is 41.7 Å². The van der Waals surface area contributed by atoms with Gasteiger partial charge in [0.15, 0.2) is 0 Å². The summed E-state index contributed by atoms with van der Waals surface area (Å²) in [4.78, 5) is 2.39. The highest BCUT2D eigenvalue weighted by Gasteiger charge is 2.18. The molecule has 0 saturated carbocycles. The lowest BCUT2D eigenvalue weighted by Gasteiger charge is -2.27. The maximum absolute atomic E-state index is 3.63. The minimum atomic E-state index is 1.08. The van der Waals surface area contributed by atoms with Crippen LogP contribution in [0.2, 0.25) is 0 Å². The zero-order valence-electron chi connectivity index (χ0n) is 22.3. The van der Waals surface area contributed by atoms with E-state index in [9.17, 15) is 0 Å². The topological polar surface area (TPSA) is 15.3 Å². The van der Waals surface area contributed by atoms with Gasteiger partial charge in [0.1, 0.15) is 0 Å². The summed E-state index contributed by atoms with van der Waals surface area (Å²) in [5, 5.41) is 11.2. The maximum Gasteiger partial charge on any atom is 0.0541 e. The molecule has 1 aromatic heterocycles. The van der Waals surface area contributed by atoms with Crippen molar-refractivity contribution >= 4 is 81.5 Å². The van der Waals surface area contributed by atoms with E-state index in [1.54, 1.807) is 0 Å². The van der Waals surface area contributed by atoms with Gasteiger partial charge < -0.3 is 10.2 Å². The van der Waals surface area contributed by atoms with Gasteiger partial charge in [-0.3, -0.25) is 0 Å². The molecule has 0 aliphatic rings. The van der Waals surface area contributed by atoms with Crippen LogP contribution in [0.1, 0.15) is 0 Å². The number of thiophene rings is 1. The number of hydrogen-bond donors (Lipinski definition) is 1.